The van der Waals surface area contributed by atoms with Crippen molar-refractivity contribution in [2.75, 3.05) is 6.54 Å². The maximum absolute atomic E-state index is 11.7. The molecule has 1 atom stereocenters. The van der Waals surface area contributed by atoms with Gasteiger partial charge in [0.2, 0.25) is 11.8 Å². The van der Waals surface area contributed by atoms with Crippen LogP contribution in [0.2, 0.25) is 0 Å². The summed E-state index contributed by atoms with van der Waals surface area (Å²) in [5, 5.41) is 9.31. The molecule has 0 saturated carbocycles. The fraction of sp³-hybridized carbons (Fsp3) is 0.583. The Morgan fingerprint density at radius 3 is 2.89 bits per heavy atom. The van der Waals surface area contributed by atoms with Crippen molar-refractivity contribution in [3.05, 3.63) is 17.0 Å². The average Bonchev–Trinajstić information content (AvgIpc) is 2.89. The zero-order valence-corrected chi connectivity index (χ0v) is 10.6. The Morgan fingerprint density at radius 2 is 2.33 bits per heavy atom. The van der Waals surface area contributed by atoms with Gasteiger partial charge in [0.25, 0.3) is 0 Å². The summed E-state index contributed by atoms with van der Waals surface area (Å²) in [5.41, 5.74) is 1.89. The van der Waals surface area contributed by atoms with Gasteiger partial charge in [-0.3, -0.25) is 9.59 Å². The molecular weight excluding hydrogens is 234 g/mol. The van der Waals surface area contributed by atoms with Crippen LogP contribution in [0.1, 0.15) is 29.9 Å². The fourth-order valence-electron chi connectivity index (χ4n) is 2.10. The maximum atomic E-state index is 11.7. The summed E-state index contributed by atoms with van der Waals surface area (Å²) in [5.74, 6) is 0.615. The van der Waals surface area contributed by atoms with Gasteiger partial charge in [0.1, 0.15) is 11.8 Å². The molecule has 1 aliphatic heterocycles. The van der Waals surface area contributed by atoms with Crippen LogP contribution in [-0.4, -0.2) is 29.6 Å². The standard InChI is InChI=1S/C12H17N3O3/c1-7-9(8(2)18-15-7)5-6-13-12(17)10-3-4-11(16)14-10/h10H,3-6H2,1-2H3,(H,13,17)(H,14,16). The van der Waals surface area contributed by atoms with Crippen LogP contribution in [0, 0.1) is 13.8 Å². The third-order valence-corrected chi connectivity index (χ3v) is 3.17. The molecule has 2 rings (SSSR count). The lowest BCUT2D eigenvalue weighted by Crippen LogP contribution is -2.42. The quantitative estimate of drug-likeness (QED) is 0.802. The summed E-state index contributed by atoms with van der Waals surface area (Å²) in [6, 6.07) is -0.373. The molecule has 1 unspecified atom stereocenters. The SMILES string of the molecule is Cc1noc(C)c1CCNC(=O)C1CCC(=O)N1. The molecule has 0 spiro atoms. The van der Waals surface area contributed by atoms with Gasteiger partial charge < -0.3 is 15.2 Å². The molecule has 98 valence electrons. The van der Waals surface area contributed by atoms with Crippen molar-refractivity contribution in [1.29, 1.82) is 0 Å². The van der Waals surface area contributed by atoms with E-state index in [1.807, 2.05) is 13.8 Å². The molecule has 6 heteroatoms. The largest absolute Gasteiger partial charge is 0.361 e. The highest BCUT2D eigenvalue weighted by atomic mass is 16.5. The average molecular weight is 251 g/mol. The van der Waals surface area contributed by atoms with Crippen molar-refractivity contribution in [1.82, 2.24) is 15.8 Å². The Hall–Kier alpha value is -1.85. The number of aromatic nitrogens is 1. The van der Waals surface area contributed by atoms with Gasteiger partial charge in [0.15, 0.2) is 0 Å². The van der Waals surface area contributed by atoms with Crippen molar-refractivity contribution in [3.8, 4) is 0 Å². The van der Waals surface area contributed by atoms with Crippen molar-refractivity contribution in [2.24, 2.45) is 0 Å². The number of carbonyl (C=O) groups is 2. The van der Waals surface area contributed by atoms with Crippen LogP contribution in [0.3, 0.4) is 0 Å². The predicted octanol–water partition coefficient (Wildman–Crippen LogP) is 0.229. The maximum Gasteiger partial charge on any atom is 0.242 e. The summed E-state index contributed by atoms with van der Waals surface area (Å²) in [6.45, 7) is 4.26. The van der Waals surface area contributed by atoms with Crippen LogP contribution >= 0.6 is 0 Å². The summed E-state index contributed by atoms with van der Waals surface area (Å²) in [7, 11) is 0. The molecule has 2 N–H and O–H groups in total. The zero-order valence-electron chi connectivity index (χ0n) is 10.6. The van der Waals surface area contributed by atoms with Crippen molar-refractivity contribution < 1.29 is 14.1 Å². The number of amides is 2. The monoisotopic (exact) mass is 251 g/mol. The van der Waals surface area contributed by atoms with Crippen LogP contribution in [0.4, 0.5) is 0 Å². The van der Waals surface area contributed by atoms with Crippen LogP contribution in [0.25, 0.3) is 0 Å². The Bertz CT molecular complexity index is 448. The van der Waals surface area contributed by atoms with Crippen molar-refractivity contribution in [3.63, 3.8) is 0 Å². The Kier molecular flexibility index (Phi) is 3.64. The van der Waals surface area contributed by atoms with E-state index >= 15 is 0 Å². The molecule has 2 amide bonds. The zero-order chi connectivity index (χ0) is 13.1. The van der Waals surface area contributed by atoms with E-state index < -0.39 is 0 Å². The number of rotatable bonds is 4. The van der Waals surface area contributed by atoms with Gasteiger partial charge in [-0.1, -0.05) is 5.16 Å². The smallest absolute Gasteiger partial charge is 0.242 e. The van der Waals surface area contributed by atoms with E-state index in [0.717, 1.165) is 17.0 Å². The molecule has 1 aromatic rings. The topological polar surface area (TPSA) is 84.2 Å². The van der Waals surface area contributed by atoms with Crippen LogP contribution in [0.15, 0.2) is 4.52 Å². The first-order valence-corrected chi connectivity index (χ1v) is 6.06. The number of hydrogen-bond acceptors (Lipinski definition) is 4. The van der Waals surface area contributed by atoms with E-state index in [2.05, 4.69) is 15.8 Å². The molecule has 1 fully saturated rings. The van der Waals surface area contributed by atoms with E-state index in [9.17, 15) is 9.59 Å². The normalized spacial score (nSPS) is 18.8. The molecule has 18 heavy (non-hydrogen) atoms. The summed E-state index contributed by atoms with van der Waals surface area (Å²) >= 11 is 0. The van der Waals surface area contributed by atoms with Crippen LogP contribution < -0.4 is 10.6 Å². The Morgan fingerprint density at radius 1 is 1.56 bits per heavy atom. The van der Waals surface area contributed by atoms with E-state index in [4.69, 9.17) is 4.52 Å². The fourth-order valence-corrected chi connectivity index (χ4v) is 2.10. The molecule has 6 nitrogen and oxygen atoms in total. The highest BCUT2D eigenvalue weighted by molar-refractivity contribution is 5.90. The number of nitrogens with zero attached hydrogens (tertiary/aromatic N) is 1. The van der Waals surface area contributed by atoms with Crippen molar-refractivity contribution in [2.45, 2.75) is 39.2 Å². The second-order valence-corrected chi connectivity index (χ2v) is 4.50. The van der Waals surface area contributed by atoms with Gasteiger partial charge in [0, 0.05) is 18.5 Å². The first-order chi connectivity index (χ1) is 8.58. The van der Waals surface area contributed by atoms with Gasteiger partial charge >= 0.3 is 0 Å². The molecule has 2 heterocycles. The van der Waals surface area contributed by atoms with Gasteiger partial charge in [-0.05, 0) is 26.7 Å². The second-order valence-electron chi connectivity index (χ2n) is 4.50. The summed E-state index contributed by atoms with van der Waals surface area (Å²) in [4.78, 5) is 22.7. The van der Waals surface area contributed by atoms with E-state index in [1.54, 1.807) is 0 Å². The molecule has 0 radical (unpaired) electrons. The Balaban J connectivity index is 1.79. The van der Waals surface area contributed by atoms with Gasteiger partial charge in [-0.25, -0.2) is 0 Å². The van der Waals surface area contributed by atoms with Crippen LogP contribution in [0.5, 0.6) is 0 Å². The highest BCUT2D eigenvalue weighted by Crippen LogP contribution is 2.12. The summed E-state index contributed by atoms with van der Waals surface area (Å²) < 4.78 is 5.05. The molecule has 0 bridgehead atoms. The highest BCUT2D eigenvalue weighted by Gasteiger charge is 2.26. The minimum absolute atomic E-state index is 0.0547. The lowest BCUT2D eigenvalue weighted by molar-refractivity contribution is -0.125. The Labute approximate surface area is 105 Å². The lowest BCUT2D eigenvalue weighted by Gasteiger charge is -2.10. The molecular formula is C12H17N3O3. The van der Waals surface area contributed by atoms with Gasteiger partial charge in [-0.2, -0.15) is 0 Å². The number of nitrogens with one attached hydrogen (secondary N) is 2. The minimum Gasteiger partial charge on any atom is -0.361 e. The summed E-state index contributed by atoms with van der Waals surface area (Å²) in [6.07, 6.45) is 1.70. The van der Waals surface area contributed by atoms with Crippen LogP contribution in [-0.2, 0) is 16.0 Å². The lowest BCUT2D eigenvalue weighted by atomic mass is 10.1. The minimum atomic E-state index is -0.373. The first-order valence-electron chi connectivity index (χ1n) is 6.06. The number of hydrogen-bond donors (Lipinski definition) is 2. The molecule has 0 aromatic carbocycles. The van der Waals surface area contributed by atoms with Gasteiger partial charge in [0.05, 0.1) is 5.69 Å². The van der Waals surface area contributed by atoms with Crippen molar-refractivity contribution >= 4 is 11.8 Å². The third-order valence-electron chi connectivity index (χ3n) is 3.17. The molecule has 1 aliphatic rings. The first kappa shape index (κ1) is 12.6. The van der Waals surface area contributed by atoms with Gasteiger partial charge in [-0.15, -0.1) is 0 Å². The van der Waals surface area contributed by atoms with E-state index in [-0.39, 0.29) is 17.9 Å². The molecule has 1 aromatic heterocycles. The number of carbonyl (C=O) groups excluding carboxylic acids is 2. The predicted molar refractivity (Wildman–Crippen MR) is 63.9 cm³/mol. The second kappa shape index (κ2) is 5.20. The molecule has 1 saturated heterocycles. The third kappa shape index (κ3) is 2.69. The molecule has 0 aliphatic carbocycles. The number of aryl methyl sites for hydroxylation is 2. The van der Waals surface area contributed by atoms with E-state index in [0.29, 0.717) is 25.8 Å². The van der Waals surface area contributed by atoms with E-state index in [1.165, 1.54) is 0 Å².